The summed E-state index contributed by atoms with van der Waals surface area (Å²) in [7, 11) is 0. The topological polar surface area (TPSA) is 17.8 Å². The summed E-state index contributed by atoms with van der Waals surface area (Å²) in [5.74, 6) is 0. The fourth-order valence-electron chi connectivity index (χ4n) is 2.32. The first kappa shape index (κ1) is 9.40. The molecule has 0 saturated carbocycles. The lowest BCUT2D eigenvalue weighted by Gasteiger charge is -2.03. The number of nitrogens with zero attached hydrogens (tertiary/aromatic N) is 2. The summed E-state index contributed by atoms with van der Waals surface area (Å²) in [5, 5.41) is 2.56. The van der Waals surface area contributed by atoms with Gasteiger partial charge in [-0.2, -0.15) is 0 Å². The summed E-state index contributed by atoms with van der Waals surface area (Å²) in [4.78, 5) is 4.50. The van der Waals surface area contributed by atoms with Gasteiger partial charge in [-0.05, 0) is 24.6 Å². The van der Waals surface area contributed by atoms with E-state index >= 15 is 0 Å². The fourth-order valence-corrected chi connectivity index (χ4v) is 2.32. The van der Waals surface area contributed by atoms with E-state index in [1.165, 1.54) is 16.3 Å². The molecule has 0 aliphatic carbocycles. The van der Waals surface area contributed by atoms with Crippen LogP contribution in [0.3, 0.4) is 0 Å². The van der Waals surface area contributed by atoms with Crippen molar-refractivity contribution < 1.29 is 0 Å². The van der Waals surface area contributed by atoms with Gasteiger partial charge in [0.25, 0.3) is 0 Å². The molecule has 0 spiro atoms. The number of benzene rings is 1. The lowest BCUT2D eigenvalue weighted by molar-refractivity contribution is 0.718. The Bertz CT molecular complexity index is 584. The highest BCUT2D eigenvalue weighted by atomic mass is 15.0. The Hall–Kier alpha value is -1.83. The quantitative estimate of drug-likeness (QED) is 0.632. The molecule has 0 amide bonds. The molecule has 0 radical (unpaired) electrons. The Morgan fingerprint density at radius 3 is 2.75 bits per heavy atom. The molecule has 0 bridgehead atoms. The van der Waals surface area contributed by atoms with Gasteiger partial charge >= 0.3 is 0 Å². The smallest absolute Gasteiger partial charge is 0.140 e. The van der Waals surface area contributed by atoms with Crippen molar-refractivity contribution in [3.8, 4) is 0 Å². The van der Waals surface area contributed by atoms with Crippen molar-refractivity contribution >= 4 is 21.9 Å². The van der Waals surface area contributed by atoms with Gasteiger partial charge in [0.15, 0.2) is 0 Å². The van der Waals surface area contributed by atoms with Crippen LogP contribution in [0.2, 0.25) is 0 Å². The molecule has 2 heteroatoms. The molecule has 0 atom stereocenters. The maximum absolute atomic E-state index is 4.50. The Balaban J connectivity index is 2.49. The molecule has 0 N–H and O–H groups in total. The number of hydrogen-bond donors (Lipinski definition) is 0. The minimum Gasteiger partial charge on any atom is -0.325 e. The third kappa shape index (κ3) is 1.23. The minimum atomic E-state index is 1.03. The first-order valence-corrected chi connectivity index (χ1v) is 5.74. The monoisotopic (exact) mass is 210 g/mol. The maximum atomic E-state index is 4.50. The minimum absolute atomic E-state index is 1.03. The number of pyridine rings is 1. The zero-order valence-electron chi connectivity index (χ0n) is 9.35. The molecule has 3 rings (SSSR count). The number of rotatable bonds is 2. The second-order valence-electron chi connectivity index (χ2n) is 4.04. The summed E-state index contributed by atoms with van der Waals surface area (Å²) in [5.41, 5.74) is 2.39. The van der Waals surface area contributed by atoms with Crippen LogP contribution in [0.5, 0.6) is 0 Å². The maximum Gasteiger partial charge on any atom is 0.140 e. The summed E-state index contributed by atoms with van der Waals surface area (Å²) >= 11 is 0. The molecule has 16 heavy (non-hydrogen) atoms. The van der Waals surface area contributed by atoms with E-state index in [4.69, 9.17) is 0 Å². The zero-order valence-corrected chi connectivity index (χ0v) is 9.35. The lowest BCUT2D eigenvalue weighted by Crippen LogP contribution is -1.96. The second kappa shape index (κ2) is 3.63. The third-order valence-corrected chi connectivity index (χ3v) is 2.97. The van der Waals surface area contributed by atoms with E-state index in [1.54, 1.807) is 0 Å². The summed E-state index contributed by atoms with van der Waals surface area (Å²) in [6.45, 7) is 3.23. The van der Waals surface area contributed by atoms with Crippen LogP contribution in [0.25, 0.3) is 21.9 Å². The van der Waals surface area contributed by atoms with Crippen LogP contribution >= 0.6 is 0 Å². The van der Waals surface area contributed by atoms with E-state index in [9.17, 15) is 0 Å². The number of hydrogen-bond acceptors (Lipinski definition) is 1. The standard InChI is InChI=1S/C14H14N2/c1-2-10-16-13-8-4-3-6-11(13)12-7-5-9-15-14(12)16/h3-9H,2,10H2,1H3. The van der Waals surface area contributed by atoms with Crippen LogP contribution in [0.15, 0.2) is 42.6 Å². The summed E-state index contributed by atoms with van der Waals surface area (Å²) in [6, 6.07) is 12.7. The third-order valence-electron chi connectivity index (χ3n) is 2.97. The molecule has 2 nitrogen and oxygen atoms in total. The van der Waals surface area contributed by atoms with Crippen molar-refractivity contribution in [2.24, 2.45) is 0 Å². The Morgan fingerprint density at radius 1 is 1.06 bits per heavy atom. The van der Waals surface area contributed by atoms with E-state index in [-0.39, 0.29) is 0 Å². The molecule has 2 aromatic heterocycles. The first-order valence-electron chi connectivity index (χ1n) is 5.74. The molecule has 1 aromatic carbocycles. The van der Waals surface area contributed by atoms with Crippen molar-refractivity contribution in [1.82, 2.24) is 9.55 Å². The molecule has 0 aliphatic heterocycles. The molecule has 3 aromatic rings. The van der Waals surface area contributed by atoms with Crippen LogP contribution in [0.4, 0.5) is 0 Å². The predicted molar refractivity (Wildman–Crippen MR) is 67.5 cm³/mol. The largest absolute Gasteiger partial charge is 0.325 e. The molecule has 0 fully saturated rings. The van der Waals surface area contributed by atoms with Crippen LogP contribution in [0, 0.1) is 0 Å². The normalized spacial score (nSPS) is 11.3. The summed E-state index contributed by atoms with van der Waals surface area (Å²) in [6.07, 6.45) is 3.00. The van der Waals surface area contributed by atoms with Gasteiger partial charge in [0.1, 0.15) is 5.65 Å². The van der Waals surface area contributed by atoms with Gasteiger partial charge in [-0.3, -0.25) is 0 Å². The van der Waals surface area contributed by atoms with E-state index in [0.29, 0.717) is 0 Å². The summed E-state index contributed by atoms with van der Waals surface area (Å²) < 4.78 is 2.31. The van der Waals surface area contributed by atoms with E-state index in [1.807, 2.05) is 12.3 Å². The number of aryl methyl sites for hydroxylation is 1. The van der Waals surface area contributed by atoms with Crippen molar-refractivity contribution in [2.45, 2.75) is 19.9 Å². The highest BCUT2D eigenvalue weighted by molar-refractivity contribution is 6.06. The predicted octanol–water partition coefficient (Wildman–Crippen LogP) is 3.60. The van der Waals surface area contributed by atoms with Gasteiger partial charge in [0.2, 0.25) is 0 Å². The van der Waals surface area contributed by atoms with Gasteiger partial charge in [0, 0.05) is 23.5 Å². The van der Waals surface area contributed by atoms with Gasteiger partial charge in [-0.1, -0.05) is 25.1 Å². The second-order valence-corrected chi connectivity index (χ2v) is 4.04. The molecule has 2 heterocycles. The van der Waals surface area contributed by atoms with Crippen molar-refractivity contribution in [2.75, 3.05) is 0 Å². The molecule has 0 aliphatic rings. The molecule has 0 saturated heterocycles. The molecular weight excluding hydrogens is 196 g/mol. The van der Waals surface area contributed by atoms with Crippen LogP contribution in [-0.2, 0) is 6.54 Å². The fraction of sp³-hybridized carbons (Fsp3) is 0.214. The van der Waals surface area contributed by atoms with Crippen LogP contribution in [0.1, 0.15) is 13.3 Å². The number of para-hydroxylation sites is 1. The van der Waals surface area contributed by atoms with Gasteiger partial charge < -0.3 is 4.57 Å². The molecular formula is C14H14N2. The Labute approximate surface area is 94.5 Å². The molecule has 80 valence electrons. The van der Waals surface area contributed by atoms with E-state index < -0.39 is 0 Å². The van der Waals surface area contributed by atoms with Crippen LogP contribution in [-0.4, -0.2) is 9.55 Å². The highest BCUT2D eigenvalue weighted by Gasteiger charge is 2.09. The SMILES string of the molecule is CCCn1c2ccccc2c2cccnc21. The van der Waals surface area contributed by atoms with Crippen molar-refractivity contribution in [1.29, 1.82) is 0 Å². The van der Waals surface area contributed by atoms with E-state index in [0.717, 1.165) is 18.6 Å². The molecule has 0 unspecified atom stereocenters. The Kier molecular flexibility index (Phi) is 2.13. The average molecular weight is 210 g/mol. The Morgan fingerprint density at radius 2 is 1.88 bits per heavy atom. The zero-order chi connectivity index (χ0) is 11.0. The average Bonchev–Trinajstić information content (AvgIpc) is 2.66. The highest BCUT2D eigenvalue weighted by Crippen LogP contribution is 2.27. The number of fused-ring (bicyclic) bond motifs is 3. The van der Waals surface area contributed by atoms with Gasteiger partial charge in [-0.15, -0.1) is 0 Å². The first-order chi connectivity index (χ1) is 7.92. The van der Waals surface area contributed by atoms with Crippen LogP contribution < -0.4 is 0 Å². The lowest BCUT2D eigenvalue weighted by atomic mass is 10.2. The van der Waals surface area contributed by atoms with Crippen molar-refractivity contribution in [3.05, 3.63) is 42.6 Å². The van der Waals surface area contributed by atoms with E-state index in [2.05, 4.69) is 46.8 Å². The van der Waals surface area contributed by atoms with Gasteiger partial charge in [0.05, 0.1) is 5.52 Å². The van der Waals surface area contributed by atoms with Crippen molar-refractivity contribution in [3.63, 3.8) is 0 Å². The van der Waals surface area contributed by atoms with Gasteiger partial charge in [-0.25, -0.2) is 4.98 Å². The number of aromatic nitrogens is 2.